The summed E-state index contributed by atoms with van der Waals surface area (Å²) >= 11 is 3.14. The van der Waals surface area contributed by atoms with E-state index in [2.05, 4.69) is 35.1 Å². The summed E-state index contributed by atoms with van der Waals surface area (Å²) in [5.74, 6) is -0.248. The molecule has 1 aromatic carbocycles. The Kier molecular flexibility index (Phi) is 5.38. The van der Waals surface area contributed by atoms with Gasteiger partial charge in [0.1, 0.15) is 5.82 Å². The van der Waals surface area contributed by atoms with Gasteiger partial charge in [0.15, 0.2) is 0 Å². The summed E-state index contributed by atoms with van der Waals surface area (Å²) in [6.07, 6.45) is 1.02. The number of nitrogens with two attached hydrogens (primary N) is 1. The third-order valence-corrected chi connectivity index (χ3v) is 3.32. The lowest BCUT2D eigenvalue weighted by Gasteiger charge is -2.21. The predicted octanol–water partition coefficient (Wildman–Crippen LogP) is 2.98. The van der Waals surface area contributed by atoms with Crippen molar-refractivity contribution < 1.29 is 4.39 Å². The third-order valence-electron chi connectivity index (χ3n) is 2.68. The van der Waals surface area contributed by atoms with Gasteiger partial charge in [0, 0.05) is 18.6 Å². The fourth-order valence-electron chi connectivity index (χ4n) is 1.49. The summed E-state index contributed by atoms with van der Waals surface area (Å²) < 4.78 is 13.9. The van der Waals surface area contributed by atoms with Gasteiger partial charge in [-0.25, -0.2) is 4.39 Å². The molecule has 1 rings (SSSR count). The van der Waals surface area contributed by atoms with Crippen molar-refractivity contribution in [1.82, 2.24) is 5.32 Å². The quantitative estimate of drug-likeness (QED) is 0.874. The molecule has 3 N–H and O–H groups in total. The Hall–Kier alpha value is -0.450. The van der Waals surface area contributed by atoms with Crippen molar-refractivity contribution in [2.45, 2.75) is 32.4 Å². The first kappa shape index (κ1) is 13.6. The van der Waals surface area contributed by atoms with Gasteiger partial charge in [-0.1, -0.05) is 13.0 Å². The molecule has 2 nitrogen and oxygen atoms in total. The average Bonchev–Trinajstić information content (AvgIpc) is 2.29. The Bertz CT molecular complexity index is 344. The highest BCUT2D eigenvalue weighted by Crippen LogP contribution is 2.20. The van der Waals surface area contributed by atoms with E-state index in [0.29, 0.717) is 17.1 Å². The molecule has 0 saturated carbocycles. The van der Waals surface area contributed by atoms with Crippen LogP contribution in [0.25, 0.3) is 0 Å². The van der Waals surface area contributed by atoms with Crippen LogP contribution in [0, 0.1) is 5.82 Å². The third kappa shape index (κ3) is 3.54. The summed E-state index contributed by atoms with van der Waals surface area (Å²) in [6.45, 7) is 4.66. The highest BCUT2D eigenvalue weighted by Gasteiger charge is 2.13. The topological polar surface area (TPSA) is 38.0 Å². The van der Waals surface area contributed by atoms with Gasteiger partial charge in [0.2, 0.25) is 0 Å². The maximum atomic E-state index is 13.4. The minimum absolute atomic E-state index is 0.0116. The molecule has 0 radical (unpaired) electrons. The van der Waals surface area contributed by atoms with E-state index in [1.54, 1.807) is 6.07 Å². The number of nitrogens with one attached hydrogen (secondary N) is 1. The van der Waals surface area contributed by atoms with Gasteiger partial charge in [0.25, 0.3) is 0 Å². The molecule has 16 heavy (non-hydrogen) atoms. The lowest BCUT2D eigenvalue weighted by Crippen LogP contribution is -2.34. The zero-order chi connectivity index (χ0) is 12.1. The molecule has 0 saturated heterocycles. The molecule has 0 bridgehead atoms. The standard InChI is InChI=1S/C12H18BrFN2/c1-3-8(2)16-12(7-15)9-4-5-10(13)11(14)6-9/h4-6,8,12,16H,3,7,15H2,1-2H3. The van der Waals surface area contributed by atoms with Crippen molar-refractivity contribution in [2.75, 3.05) is 6.54 Å². The van der Waals surface area contributed by atoms with Crippen LogP contribution >= 0.6 is 15.9 Å². The summed E-state index contributed by atoms with van der Waals surface area (Å²) in [5, 5.41) is 3.37. The molecule has 2 atom stereocenters. The fourth-order valence-corrected chi connectivity index (χ4v) is 1.74. The zero-order valence-corrected chi connectivity index (χ0v) is 11.2. The molecular weight excluding hydrogens is 271 g/mol. The molecule has 90 valence electrons. The van der Waals surface area contributed by atoms with E-state index in [0.717, 1.165) is 12.0 Å². The second kappa shape index (κ2) is 6.33. The number of hydrogen-bond acceptors (Lipinski definition) is 2. The number of hydrogen-bond donors (Lipinski definition) is 2. The smallest absolute Gasteiger partial charge is 0.137 e. The van der Waals surface area contributed by atoms with Gasteiger partial charge < -0.3 is 11.1 Å². The van der Waals surface area contributed by atoms with E-state index in [-0.39, 0.29) is 11.9 Å². The Labute approximate surface area is 105 Å². The molecule has 0 amide bonds. The van der Waals surface area contributed by atoms with Crippen molar-refractivity contribution in [3.05, 3.63) is 34.1 Å². The summed E-state index contributed by atoms with van der Waals surface area (Å²) in [4.78, 5) is 0. The van der Waals surface area contributed by atoms with E-state index >= 15 is 0 Å². The molecule has 0 aliphatic carbocycles. The maximum absolute atomic E-state index is 13.4. The van der Waals surface area contributed by atoms with Crippen molar-refractivity contribution in [3.63, 3.8) is 0 Å². The minimum Gasteiger partial charge on any atom is -0.329 e. The van der Waals surface area contributed by atoms with Crippen LogP contribution in [0.4, 0.5) is 4.39 Å². The molecule has 0 aliphatic heterocycles. The number of benzene rings is 1. The van der Waals surface area contributed by atoms with Crippen molar-refractivity contribution in [2.24, 2.45) is 5.73 Å². The Morgan fingerprint density at radius 3 is 2.69 bits per heavy atom. The second-order valence-corrected chi connectivity index (χ2v) is 4.79. The Balaban J connectivity index is 2.82. The van der Waals surface area contributed by atoms with Crippen LogP contribution in [0.2, 0.25) is 0 Å². The first-order valence-electron chi connectivity index (χ1n) is 5.49. The molecular formula is C12H18BrFN2. The highest BCUT2D eigenvalue weighted by atomic mass is 79.9. The van der Waals surface area contributed by atoms with E-state index in [1.807, 2.05) is 6.07 Å². The molecule has 4 heteroatoms. The lowest BCUT2D eigenvalue weighted by molar-refractivity contribution is 0.450. The summed E-state index contributed by atoms with van der Waals surface area (Å²) in [6, 6.07) is 5.51. The summed E-state index contributed by atoms with van der Waals surface area (Å²) in [5.41, 5.74) is 6.59. The van der Waals surface area contributed by atoms with Crippen LogP contribution in [0.3, 0.4) is 0 Å². The fraction of sp³-hybridized carbons (Fsp3) is 0.500. The van der Waals surface area contributed by atoms with E-state index in [1.165, 1.54) is 6.07 Å². The molecule has 0 aliphatic rings. The molecule has 0 aromatic heterocycles. The van der Waals surface area contributed by atoms with Gasteiger partial charge in [0.05, 0.1) is 4.47 Å². The number of halogens is 2. The number of rotatable bonds is 5. The van der Waals surface area contributed by atoms with Crippen LogP contribution < -0.4 is 11.1 Å². The SMILES string of the molecule is CCC(C)NC(CN)c1ccc(Br)c(F)c1. The maximum Gasteiger partial charge on any atom is 0.137 e. The average molecular weight is 289 g/mol. The highest BCUT2D eigenvalue weighted by molar-refractivity contribution is 9.10. The Morgan fingerprint density at radius 2 is 2.19 bits per heavy atom. The first-order valence-corrected chi connectivity index (χ1v) is 6.28. The minimum atomic E-state index is -0.248. The van der Waals surface area contributed by atoms with Gasteiger partial charge in [-0.15, -0.1) is 0 Å². The van der Waals surface area contributed by atoms with E-state index < -0.39 is 0 Å². The monoisotopic (exact) mass is 288 g/mol. The van der Waals surface area contributed by atoms with E-state index in [4.69, 9.17) is 5.73 Å². The normalized spacial score (nSPS) is 14.8. The largest absolute Gasteiger partial charge is 0.329 e. The first-order chi connectivity index (χ1) is 7.58. The van der Waals surface area contributed by atoms with Crippen LogP contribution in [-0.4, -0.2) is 12.6 Å². The molecule has 0 fully saturated rings. The van der Waals surface area contributed by atoms with Crippen molar-refractivity contribution in [1.29, 1.82) is 0 Å². The van der Waals surface area contributed by atoms with Crippen LogP contribution in [0.15, 0.2) is 22.7 Å². The van der Waals surface area contributed by atoms with Crippen LogP contribution in [0.5, 0.6) is 0 Å². The predicted molar refractivity (Wildman–Crippen MR) is 68.8 cm³/mol. The molecule has 1 aromatic rings. The van der Waals surface area contributed by atoms with Gasteiger partial charge in [-0.3, -0.25) is 0 Å². The Morgan fingerprint density at radius 1 is 1.50 bits per heavy atom. The van der Waals surface area contributed by atoms with Gasteiger partial charge in [-0.2, -0.15) is 0 Å². The zero-order valence-electron chi connectivity index (χ0n) is 9.63. The lowest BCUT2D eigenvalue weighted by atomic mass is 10.1. The molecule has 0 heterocycles. The second-order valence-electron chi connectivity index (χ2n) is 3.94. The van der Waals surface area contributed by atoms with Gasteiger partial charge in [-0.05, 0) is 47.0 Å². The summed E-state index contributed by atoms with van der Waals surface area (Å²) in [7, 11) is 0. The van der Waals surface area contributed by atoms with E-state index in [9.17, 15) is 4.39 Å². The van der Waals surface area contributed by atoms with Crippen molar-refractivity contribution in [3.8, 4) is 0 Å². The molecule has 2 unspecified atom stereocenters. The van der Waals surface area contributed by atoms with Gasteiger partial charge >= 0.3 is 0 Å². The van der Waals surface area contributed by atoms with Crippen LogP contribution in [0.1, 0.15) is 31.9 Å². The molecule has 0 spiro atoms. The van der Waals surface area contributed by atoms with Crippen molar-refractivity contribution >= 4 is 15.9 Å². The van der Waals surface area contributed by atoms with Crippen LogP contribution in [-0.2, 0) is 0 Å².